The Morgan fingerprint density at radius 1 is 0.776 bits per heavy atom. The highest BCUT2D eigenvalue weighted by Crippen LogP contribution is 2.44. The number of alkyl carbamates (subject to hydrolysis) is 1. The van der Waals surface area contributed by atoms with E-state index in [2.05, 4.69) is 20.1 Å². The van der Waals surface area contributed by atoms with Crippen molar-refractivity contribution in [2.24, 2.45) is 5.11 Å². The molecular weight excluding hydrogens is 787 g/mol. The highest BCUT2D eigenvalue weighted by atomic mass is 19.2. The number of azide groups is 1. The first kappa shape index (κ1) is 42.8. The van der Waals surface area contributed by atoms with E-state index in [-0.39, 0.29) is 6.61 Å². The number of nitrogens with one attached hydrogen (secondary N) is 1. The summed E-state index contributed by atoms with van der Waals surface area (Å²) in [5.74, 6) is -19.6. The Kier molecular flexibility index (Phi) is 13.5. The third-order valence-corrected chi connectivity index (χ3v) is 8.92. The standard InChI is InChI=1S/C37H33F5N4O12/c1-15(54-36-31(45-46-43)34(56-18(4)49)32(55-17(3)48)24(57-36)14-52-16(2)47)30(35(50)58-33-28(41)26(39)25(38)27(40)29(33)42)44-37(51)53-13-23-21-11-7-5-9-19(21)20-10-6-8-12-22(20)23/h5-12,15,23-24,30-32,34,36H,13-14H2,1-4H3,(H,44,51)/t15-,24-,30+,31-,32+,34-,36?/m1/s1. The van der Waals surface area contributed by atoms with Gasteiger partial charge in [-0.15, -0.1) is 0 Å². The van der Waals surface area contributed by atoms with Gasteiger partial charge >= 0.3 is 30.0 Å². The minimum absolute atomic E-state index is 0.321. The number of ether oxygens (including phenoxy) is 7. The van der Waals surface area contributed by atoms with E-state index in [0.717, 1.165) is 49.9 Å². The van der Waals surface area contributed by atoms with Gasteiger partial charge in [-0.3, -0.25) is 14.4 Å². The predicted molar refractivity (Wildman–Crippen MR) is 184 cm³/mol. The molecule has 1 heterocycles. The van der Waals surface area contributed by atoms with Crippen molar-refractivity contribution in [3.8, 4) is 16.9 Å². The maximum atomic E-state index is 14.7. The molecule has 1 N–H and O–H groups in total. The second kappa shape index (κ2) is 18.3. The maximum absolute atomic E-state index is 14.7. The summed E-state index contributed by atoms with van der Waals surface area (Å²) in [7, 11) is 0. The molecule has 1 fully saturated rings. The van der Waals surface area contributed by atoms with Crippen LogP contribution in [0.4, 0.5) is 26.7 Å². The second-order valence-corrected chi connectivity index (χ2v) is 12.8. The van der Waals surface area contributed by atoms with E-state index in [1.807, 2.05) is 36.4 Å². The third kappa shape index (κ3) is 9.28. The quantitative estimate of drug-likeness (QED) is 0.0263. The zero-order valence-electron chi connectivity index (χ0n) is 30.8. The van der Waals surface area contributed by atoms with Crippen molar-refractivity contribution in [2.75, 3.05) is 13.2 Å². The van der Waals surface area contributed by atoms with Crippen LogP contribution in [-0.2, 0) is 47.6 Å². The zero-order chi connectivity index (χ0) is 42.4. The van der Waals surface area contributed by atoms with Gasteiger partial charge in [0, 0.05) is 31.6 Å². The van der Waals surface area contributed by atoms with Gasteiger partial charge in [-0.25, -0.2) is 22.8 Å². The van der Waals surface area contributed by atoms with E-state index >= 15 is 0 Å². The van der Waals surface area contributed by atoms with Crippen molar-refractivity contribution in [1.29, 1.82) is 0 Å². The second-order valence-electron chi connectivity index (χ2n) is 12.8. The molecule has 3 aromatic rings. The SMILES string of the molecule is CC(=O)OC[C@H]1OC(O[C@H](C)[C@H](NC(=O)OCC2c3ccccc3-c3ccccc32)C(=O)Oc2c(F)c(F)c(F)c(F)c2F)[C@H](N=[N+]=[N-])[C@@H](OC(C)=O)[C@H]1OC(C)=O. The topological polar surface area (TPSA) is 211 Å². The van der Waals surface area contributed by atoms with Crippen LogP contribution in [0.25, 0.3) is 21.6 Å². The van der Waals surface area contributed by atoms with E-state index in [1.54, 1.807) is 12.1 Å². The average molecular weight is 821 g/mol. The van der Waals surface area contributed by atoms with Gasteiger partial charge in [0.25, 0.3) is 0 Å². The summed E-state index contributed by atoms with van der Waals surface area (Å²) in [4.78, 5) is 65.6. The molecule has 1 aliphatic carbocycles. The van der Waals surface area contributed by atoms with Gasteiger partial charge in [0.2, 0.25) is 34.8 Å². The Morgan fingerprint density at radius 2 is 1.31 bits per heavy atom. The van der Waals surface area contributed by atoms with Crippen molar-refractivity contribution in [1.82, 2.24) is 5.32 Å². The molecule has 21 heteroatoms. The van der Waals surface area contributed by atoms with Gasteiger partial charge in [-0.05, 0) is 34.7 Å². The van der Waals surface area contributed by atoms with Gasteiger partial charge in [0.05, 0.1) is 6.10 Å². The fraction of sp³-hybridized carbons (Fsp3) is 0.378. The van der Waals surface area contributed by atoms with Crippen LogP contribution < -0.4 is 10.1 Å². The number of hydrogen-bond acceptors (Lipinski definition) is 13. The van der Waals surface area contributed by atoms with Crippen LogP contribution in [0.2, 0.25) is 0 Å². The summed E-state index contributed by atoms with van der Waals surface area (Å²) in [6, 6.07) is 10.5. The van der Waals surface area contributed by atoms with Crippen LogP contribution in [0.3, 0.4) is 0 Å². The Hall–Kier alpha value is -6.31. The minimum atomic E-state index is -2.55. The van der Waals surface area contributed by atoms with E-state index < -0.39 is 120 Å². The summed E-state index contributed by atoms with van der Waals surface area (Å²) in [5, 5.41) is 5.65. The first-order valence-electron chi connectivity index (χ1n) is 17.2. The molecule has 58 heavy (non-hydrogen) atoms. The monoisotopic (exact) mass is 820 g/mol. The molecule has 0 aromatic heterocycles. The zero-order valence-corrected chi connectivity index (χ0v) is 30.8. The van der Waals surface area contributed by atoms with Crippen LogP contribution >= 0.6 is 0 Å². The van der Waals surface area contributed by atoms with Crippen LogP contribution in [0, 0.1) is 29.1 Å². The summed E-state index contributed by atoms with van der Waals surface area (Å²) in [6.45, 7) is 3.02. The summed E-state index contributed by atoms with van der Waals surface area (Å²) in [5.41, 5.74) is 12.8. The summed E-state index contributed by atoms with van der Waals surface area (Å²) in [6.07, 6.45) is -9.94. The first-order valence-corrected chi connectivity index (χ1v) is 17.2. The Balaban J connectivity index is 1.47. The van der Waals surface area contributed by atoms with Crippen molar-refractivity contribution in [2.45, 2.75) is 76.4 Å². The fourth-order valence-corrected chi connectivity index (χ4v) is 6.44. The van der Waals surface area contributed by atoms with Gasteiger partial charge in [-0.2, -0.15) is 8.78 Å². The molecule has 3 aromatic carbocycles. The fourth-order valence-electron chi connectivity index (χ4n) is 6.44. The van der Waals surface area contributed by atoms with Gasteiger partial charge in [0.15, 0.2) is 24.5 Å². The Morgan fingerprint density at radius 3 is 1.84 bits per heavy atom. The summed E-state index contributed by atoms with van der Waals surface area (Å²) < 4.78 is 109. The highest BCUT2D eigenvalue weighted by molar-refractivity contribution is 5.84. The number of amides is 1. The number of rotatable bonds is 13. The van der Waals surface area contributed by atoms with E-state index in [1.165, 1.54) is 0 Å². The molecule has 0 radical (unpaired) electrons. The smallest absolute Gasteiger partial charge is 0.407 e. The van der Waals surface area contributed by atoms with Crippen LogP contribution in [0.15, 0.2) is 53.6 Å². The van der Waals surface area contributed by atoms with Crippen molar-refractivity contribution in [3.63, 3.8) is 0 Å². The number of carbonyl (C=O) groups excluding carboxylic acids is 5. The first-order chi connectivity index (χ1) is 27.5. The number of carbonyl (C=O) groups is 5. The van der Waals surface area contributed by atoms with Crippen LogP contribution in [-0.4, -0.2) is 86.0 Å². The summed E-state index contributed by atoms with van der Waals surface area (Å²) >= 11 is 0. The largest absolute Gasteiger partial charge is 0.463 e. The lowest BCUT2D eigenvalue weighted by Crippen LogP contribution is -2.62. The molecule has 0 spiro atoms. The predicted octanol–water partition coefficient (Wildman–Crippen LogP) is 5.43. The highest BCUT2D eigenvalue weighted by Gasteiger charge is 2.52. The van der Waals surface area contributed by atoms with E-state index in [0.29, 0.717) is 0 Å². The molecule has 1 unspecified atom stereocenters. The van der Waals surface area contributed by atoms with Crippen LogP contribution in [0.1, 0.15) is 44.7 Å². The van der Waals surface area contributed by atoms with Crippen LogP contribution in [0.5, 0.6) is 5.75 Å². The van der Waals surface area contributed by atoms with Gasteiger partial charge < -0.3 is 38.5 Å². The lowest BCUT2D eigenvalue weighted by Gasteiger charge is -2.44. The van der Waals surface area contributed by atoms with Gasteiger partial charge in [0.1, 0.15) is 25.4 Å². The number of esters is 4. The molecule has 7 atom stereocenters. The normalized spacial score (nSPS) is 20.6. The van der Waals surface area contributed by atoms with Crippen molar-refractivity contribution >= 4 is 30.0 Å². The third-order valence-electron chi connectivity index (χ3n) is 8.92. The number of benzene rings is 3. The Labute approximate surface area is 325 Å². The minimum Gasteiger partial charge on any atom is -0.463 e. The number of nitrogens with zero attached hydrogens (tertiary/aromatic N) is 3. The lowest BCUT2D eigenvalue weighted by molar-refractivity contribution is -0.283. The number of halogens is 5. The molecule has 2 aliphatic rings. The maximum Gasteiger partial charge on any atom is 0.407 e. The van der Waals surface area contributed by atoms with Crippen molar-refractivity contribution in [3.05, 3.63) is 99.2 Å². The molecule has 1 amide bonds. The van der Waals surface area contributed by atoms with Crippen molar-refractivity contribution < 1.29 is 79.1 Å². The average Bonchev–Trinajstić information content (AvgIpc) is 3.50. The number of hydrogen-bond donors (Lipinski definition) is 1. The molecule has 308 valence electrons. The molecule has 16 nitrogen and oxygen atoms in total. The molecule has 0 saturated carbocycles. The van der Waals surface area contributed by atoms with E-state index in [4.69, 9.17) is 28.4 Å². The Bertz CT molecular complexity index is 2080. The molecular formula is C37H33F5N4O12. The number of fused-ring (bicyclic) bond motifs is 3. The lowest BCUT2D eigenvalue weighted by atomic mass is 9.96. The van der Waals surface area contributed by atoms with E-state index in [9.17, 15) is 51.5 Å². The molecule has 0 bridgehead atoms. The molecule has 1 aliphatic heterocycles. The molecule has 5 rings (SSSR count). The van der Waals surface area contributed by atoms with Gasteiger partial charge in [-0.1, -0.05) is 53.6 Å². The molecule has 1 saturated heterocycles.